The number of carbonyl (C=O) groups is 2. The van der Waals surface area contributed by atoms with Crippen molar-refractivity contribution in [2.75, 3.05) is 19.6 Å². The summed E-state index contributed by atoms with van der Waals surface area (Å²) in [4.78, 5) is 29.9. The molecule has 0 radical (unpaired) electrons. The van der Waals surface area contributed by atoms with E-state index in [0.717, 1.165) is 25.9 Å². The van der Waals surface area contributed by atoms with Crippen LogP contribution in [-0.4, -0.2) is 57.1 Å². The molecule has 2 aliphatic rings. The SMILES string of the molecule is Cn1ncnc1COC(=O)NCC1C[C@@H]2CN(C(=O)OC(C)(C)C)C[C@@H]2C1. The third-order valence-corrected chi connectivity index (χ3v) is 5.17. The number of rotatable bonds is 4. The molecule has 3 rings (SSSR count). The highest BCUT2D eigenvalue weighted by Crippen LogP contribution is 2.41. The molecule has 1 N–H and O–H groups in total. The molecular formula is C18H29N5O4. The zero-order chi connectivity index (χ0) is 19.6. The Kier molecular flexibility index (Phi) is 5.57. The van der Waals surface area contributed by atoms with E-state index < -0.39 is 11.7 Å². The van der Waals surface area contributed by atoms with Crippen LogP contribution >= 0.6 is 0 Å². The molecule has 3 atom stereocenters. The number of ether oxygens (including phenoxy) is 2. The van der Waals surface area contributed by atoms with Crippen LogP contribution in [0.3, 0.4) is 0 Å². The second kappa shape index (κ2) is 7.74. The van der Waals surface area contributed by atoms with Gasteiger partial charge in [0.05, 0.1) is 0 Å². The molecule has 1 saturated heterocycles. The molecule has 0 aromatic carbocycles. The molecule has 27 heavy (non-hydrogen) atoms. The van der Waals surface area contributed by atoms with E-state index in [4.69, 9.17) is 9.47 Å². The third kappa shape index (κ3) is 5.11. The van der Waals surface area contributed by atoms with Crippen LogP contribution in [0, 0.1) is 17.8 Å². The average molecular weight is 379 g/mol. The summed E-state index contributed by atoms with van der Waals surface area (Å²) in [5.74, 6) is 1.99. The van der Waals surface area contributed by atoms with Crippen LogP contribution in [-0.2, 0) is 23.1 Å². The van der Waals surface area contributed by atoms with Gasteiger partial charge in [-0.15, -0.1) is 0 Å². The quantitative estimate of drug-likeness (QED) is 0.858. The van der Waals surface area contributed by atoms with Gasteiger partial charge < -0.3 is 19.7 Å². The predicted molar refractivity (Wildman–Crippen MR) is 96.7 cm³/mol. The number of likely N-dealkylation sites (tertiary alicyclic amines) is 1. The molecule has 2 heterocycles. The minimum Gasteiger partial charge on any atom is -0.444 e. The van der Waals surface area contributed by atoms with Crippen LogP contribution < -0.4 is 5.32 Å². The van der Waals surface area contributed by atoms with Crippen LogP contribution in [0.2, 0.25) is 0 Å². The smallest absolute Gasteiger partial charge is 0.410 e. The van der Waals surface area contributed by atoms with E-state index >= 15 is 0 Å². The largest absolute Gasteiger partial charge is 0.444 e. The highest BCUT2D eigenvalue weighted by molar-refractivity contribution is 5.68. The van der Waals surface area contributed by atoms with Crippen LogP contribution in [0.1, 0.15) is 39.4 Å². The van der Waals surface area contributed by atoms with Gasteiger partial charge in [-0.25, -0.2) is 14.6 Å². The normalized spacial score (nSPS) is 24.6. The summed E-state index contributed by atoms with van der Waals surface area (Å²) < 4.78 is 12.2. The van der Waals surface area contributed by atoms with E-state index in [9.17, 15) is 9.59 Å². The molecular weight excluding hydrogens is 350 g/mol. The van der Waals surface area contributed by atoms with Gasteiger partial charge >= 0.3 is 12.2 Å². The molecule has 1 saturated carbocycles. The Labute approximate surface area is 159 Å². The summed E-state index contributed by atoms with van der Waals surface area (Å²) in [6.07, 6.45) is 2.78. The molecule has 1 aromatic heterocycles. The Bertz CT molecular complexity index is 670. The summed E-state index contributed by atoms with van der Waals surface area (Å²) in [5, 5.41) is 6.77. The lowest BCUT2D eigenvalue weighted by atomic mass is 10.0. The molecule has 1 aliphatic heterocycles. The standard InChI is InChI=1S/C18H29N5O4/c1-18(2,3)27-17(25)23-8-13-5-12(6-14(13)9-23)7-19-16(24)26-10-15-20-11-21-22(15)4/h11-14H,5-10H2,1-4H3,(H,19,24)/t12?,13-,14+. The van der Waals surface area contributed by atoms with E-state index in [-0.39, 0.29) is 12.7 Å². The monoisotopic (exact) mass is 379 g/mol. The van der Waals surface area contributed by atoms with Crippen LogP contribution in [0.25, 0.3) is 0 Å². The fourth-order valence-corrected chi connectivity index (χ4v) is 3.93. The summed E-state index contributed by atoms with van der Waals surface area (Å²) >= 11 is 0. The highest BCUT2D eigenvalue weighted by Gasteiger charge is 2.43. The Morgan fingerprint density at radius 3 is 2.48 bits per heavy atom. The lowest BCUT2D eigenvalue weighted by Gasteiger charge is -2.25. The number of alkyl carbamates (subject to hydrolysis) is 1. The summed E-state index contributed by atoms with van der Waals surface area (Å²) in [7, 11) is 1.75. The van der Waals surface area contributed by atoms with Gasteiger partial charge in [-0.05, 0) is 51.4 Å². The highest BCUT2D eigenvalue weighted by atomic mass is 16.6. The van der Waals surface area contributed by atoms with Crippen molar-refractivity contribution in [3.8, 4) is 0 Å². The Balaban J connectivity index is 1.36. The summed E-state index contributed by atoms with van der Waals surface area (Å²) in [6, 6.07) is 0. The first-order chi connectivity index (χ1) is 12.7. The van der Waals surface area contributed by atoms with E-state index in [1.807, 2.05) is 25.7 Å². The molecule has 9 nitrogen and oxygen atoms in total. The van der Waals surface area contributed by atoms with Crippen molar-refractivity contribution in [3.63, 3.8) is 0 Å². The van der Waals surface area contributed by atoms with Crippen molar-refractivity contribution >= 4 is 12.2 Å². The van der Waals surface area contributed by atoms with Gasteiger partial charge in [-0.3, -0.25) is 4.68 Å². The second-order valence-corrected chi connectivity index (χ2v) is 8.50. The minimum atomic E-state index is -0.466. The van der Waals surface area contributed by atoms with Crippen LogP contribution in [0.5, 0.6) is 0 Å². The van der Waals surface area contributed by atoms with E-state index in [1.54, 1.807) is 11.7 Å². The van der Waals surface area contributed by atoms with Gasteiger partial charge in [0.1, 0.15) is 11.9 Å². The van der Waals surface area contributed by atoms with E-state index in [0.29, 0.717) is 30.1 Å². The second-order valence-electron chi connectivity index (χ2n) is 8.50. The molecule has 2 fully saturated rings. The van der Waals surface area contributed by atoms with Crippen LogP contribution in [0.15, 0.2) is 6.33 Å². The van der Waals surface area contributed by atoms with E-state index in [2.05, 4.69) is 15.4 Å². The molecule has 1 unspecified atom stereocenters. The van der Waals surface area contributed by atoms with Gasteiger partial charge in [0.25, 0.3) is 0 Å². The maximum atomic E-state index is 12.2. The van der Waals surface area contributed by atoms with Crippen molar-refractivity contribution in [2.45, 2.75) is 45.8 Å². The number of fused-ring (bicyclic) bond motifs is 1. The van der Waals surface area contributed by atoms with Crippen LogP contribution in [0.4, 0.5) is 9.59 Å². The van der Waals surface area contributed by atoms with Crippen molar-refractivity contribution in [1.29, 1.82) is 0 Å². The Hall–Kier alpha value is -2.32. The van der Waals surface area contributed by atoms with Crippen molar-refractivity contribution in [3.05, 3.63) is 12.2 Å². The minimum absolute atomic E-state index is 0.100. The molecule has 1 aromatic rings. The fourth-order valence-electron chi connectivity index (χ4n) is 3.93. The first-order valence-electron chi connectivity index (χ1n) is 9.42. The molecule has 0 bridgehead atoms. The van der Waals surface area contributed by atoms with Crippen molar-refractivity contribution < 1.29 is 19.1 Å². The first-order valence-corrected chi connectivity index (χ1v) is 9.42. The zero-order valence-electron chi connectivity index (χ0n) is 16.5. The molecule has 9 heteroatoms. The fraction of sp³-hybridized carbons (Fsp3) is 0.778. The van der Waals surface area contributed by atoms with Crippen molar-refractivity contribution in [2.24, 2.45) is 24.8 Å². The number of hydrogen-bond acceptors (Lipinski definition) is 6. The lowest BCUT2D eigenvalue weighted by molar-refractivity contribution is 0.0278. The average Bonchev–Trinajstić information content (AvgIpc) is 3.23. The first kappa shape index (κ1) is 19.4. The molecule has 1 aliphatic carbocycles. The maximum Gasteiger partial charge on any atom is 0.410 e. The molecule has 2 amide bonds. The van der Waals surface area contributed by atoms with Gasteiger partial charge in [0, 0.05) is 26.7 Å². The Morgan fingerprint density at radius 1 is 1.26 bits per heavy atom. The molecule has 0 spiro atoms. The summed E-state index contributed by atoms with van der Waals surface area (Å²) in [5.41, 5.74) is -0.466. The number of aromatic nitrogens is 3. The number of aryl methyl sites for hydroxylation is 1. The third-order valence-electron chi connectivity index (χ3n) is 5.17. The van der Waals surface area contributed by atoms with Gasteiger partial charge in [0.15, 0.2) is 12.4 Å². The van der Waals surface area contributed by atoms with Gasteiger partial charge in [-0.1, -0.05) is 0 Å². The number of hydrogen-bond donors (Lipinski definition) is 1. The van der Waals surface area contributed by atoms with Gasteiger partial charge in [0.2, 0.25) is 0 Å². The number of amides is 2. The number of nitrogens with zero attached hydrogens (tertiary/aromatic N) is 4. The van der Waals surface area contributed by atoms with Crippen molar-refractivity contribution in [1.82, 2.24) is 25.0 Å². The number of nitrogens with one attached hydrogen (secondary N) is 1. The van der Waals surface area contributed by atoms with Gasteiger partial charge in [-0.2, -0.15) is 5.10 Å². The summed E-state index contributed by atoms with van der Waals surface area (Å²) in [6.45, 7) is 7.83. The Morgan fingerprint density at radius 2 is 1.93 bits per heavy atom. The number of carbonyl (C=O) groups excluding carboxylic acids is 2. The topological polar surface area (TPSA) is 98.6 Å². The lowest BCUT2D eigenvalue weighted by Crippen LogP contribution is -2.36. The maximum absolute atomic E-state index is 12.2. The predicted octanol–water partition coefficient (Wildman–Crippen LogP) is 1.93. The van der Waals surface area contributed by atoms with E-state index in [1.165, 1.54) is 6.33 Å². The molecule has 150 valence electrons. The zero-order valence-corrected chi connectivity index (χ0v) is 16.5.